The normalized spacial score (nSPS) is 12.1. The van der Waals surface area contributed by atoms with E-state index in [-0.39, 0.29) is 11.9 Å². The van der Waals surface area contributed by atoms with Crippen LogP contribution >= 0.6 is 0 Å². The molecule has 29 heavy (non-hydrogen) atoms. The van der Waals surface area contributed by atoms with E-state index >= 15 is 0 Å². The molecule has 2 N–H and O–H groups in total. The van der Waals surface area contributed by atoms with Crippen molar-refractivity contribution in [2.75, 3.05) is 14.1 Å². The Kier molecular flexibility index (Phi) is 5.10. The number of fused-ring (bicyclic) bond motifs is 1. The van der Waals surface area contributed by atoms with Crippen molar-refractivity contribution in [1.29, 1.82) is 0 Å². The predicted octanol–water partition coefficient (Wildman–Crippen LogP) is 3.83. The summed E-state index contributed by atoms with van der Waals surface area (Å²) in [6.45, 7) is 0. The number of pyridine rings is 1. The summed E-state index contributed by atoms with van der Waals surface area (Å²) >= 11 is 0. The SMILES string of the molecule is CN(C)C(=O)c1cccc2c(-c3ccccc3[C@@H](N)Cc3ccccn3)noc12. The molecule has 6 nitrogen and oxygen atoms in total. The standard InChI is InChI=1S/C23H22N4O2/c1-27(2)23(28)19-12-7-11-18-21(26-29-22(18)19)17-10-4-3-9-16(17)20(24)14-15-8-5-6-13-25-15/h3-13,20H,14,24H2,1-2H3/t20-/m0/s1. The number of nitrogens with two attached hydrogens (primary N) is 1. The van der Waals surface area contributed by atoms with Crippen LogP contribution in [-0.2, 0) is 6.42 Å². The van der Waals surface area contributed by atoms with Crippen LogP contribution in [0, 0.1) is 0 Å². The smallest absolute Gasteiger partial charge is 0.257 e. The van der Waals surface area contributed by atoms with Crippen molar-refractivity contribution < 1.29 is 9.32 Å². The van der Waals surface area contributed by atoms with Crippen molar-refractivity contribution >= 4 is 16.9 Å². The van der Waals surface area contributed by atoms with Crippen molar-refractivity contribution in [2.45, 2.75) is 12.5 Å². The third-order valence-corrected chi connectivity index (χ3v) is 4.91. The average molecular weight is 386 g/mol. The molecule has 0 bridgehead atoms. The number of nitrogens with zero attached hydrogens (tertiary/aromatic N) is 3. The lowest BCUT2D eigenvalue weighted by molar-refractivity contribution is 0.0828. The summed E-state index contributed by atoms with van der Waals surface area (Å²) in [6, 6.07) is 18.9. The summed E-state index contributed by atoms with van der Waals surface area (Å²) in [5.41, 5.74) is 11.0. The zero-order chi connectivity index (χ0) is 20.4. The second-order valence-electron chi connectivity index (χ2n) is 7.13. The molecule has 0 aliphatic heterocycles. The number of aromatic nitrogens is 2. The zero-order valence-corrected chi connectivity index (χ0v) is 16.4. The van der Waals surface area contributed by atoms with Gasteiger partial charge in [0, 0.05) is 44.0 Å². The van der Waals surface area contributed by atoms with Gasteiger partial charge < -0.3 is 15.2 Å². The Bertz CT molecular complexity index is 1150. The maximum Gasteiger partial charge on any atom is 0.257 e. The van der Waals surface area contributed by atoms with Crippen molar-refractivity contribution in [3.8, 4) is 11.3 Å². The maximum absolute atomic E-state index is 12.5. The van der Waals surface area contributed by atoms with Crippen LogP contribution in [0.5, 0.6) is 0 Å². The lowest BCUT2D eigenvalue weighted by Gasteiger charge is -2.15. The van der Waals surface area contributed by atoms with E-state index in [2.05, 4.69) is 10.1 Å². The fourth-order valence-electron chi connectivity index (χ4n) is 3.46. The number of carbonyl (C=O) groups is 1. The number of amides is 1. The fraction of sp³-hybridized carbons (Fsp3) is 0.174. The first-order valence-electron chi connectivity index (χ1n) is 9.41. The first kappa shape index (κ1) is 18.8. The summed E-state index contributed by atoms with van der Waals surface area (Å²) in [4.78, 5) is 18.4. The molecule has 4 aromatic rings. The van der Waals surface area contributed by atoms with Crippen molar-refractivity contribution in [3.05, 3.63) is 83.7 Å². The molecule has 1 atom stereocenters. The molecule has 0 saturated carbocycles. The number of benzene rings is 2. The molecule has 0 unspecified atom stereocenters. The van der Waals surface area contributed by atoms with Crippen LogP contribution in [0.4, 0.5) is 0 Å². The summed E-state index contributed by atoms with van der Waals surface area (Å²) in [5.74, 6) is -0.126. The number of hydrogen-bond donors (Lipinski definition) is 1. The fourth-order valence-corrected chi connectivity index (χ4v) is 3.46. The van der Waals surface area contributed by atoms with Crippen LogP contribution in [0.3, 0.4) is 0 Å². The van der Waals surface area contributed by atoms with Crippen molar-refractivity contribution in [2.24, 2.45) is 5.73 Å². The third kappa shape index (κ3) is 3.62. The molecule has 0 fully saturated rings. The van der Waals surface area contributed by atoms with Gasteiger partial charge in [-0.25, -0.2) is 0 Å². The number of carbonyl (C=O) groups excluding carboxylic acids is 1. The molecule has 0 aliphatic carbocycles. The first-order valence-corrected chi connectivity index (χ1v) is 9.41. The van der Waals surface area contributed by atoms with Crippen LogP contribution in [0.1, 0.15) is 27.7 Å². The molecular weight excluding hydrogens is 364 g/mol. The molecule has 0 aliphatic rings. The van der Waals surface area contributed by atoms with Crippen molar-refractivity contribution in [3.63, 3.8) is 0 Å². The van der Waals surface area contributed by atoms with E-state index in [1.165, 1.54) is 4.90 Å². The van der Waals surface area contributed by atoms with E-state index < -0.39 is 0 Å². The summed E-state index contributed by atoms with van der Waals surface area (Å²) in [6.07, 6.45) is 2.38. The van der Waals surface area contributed by atoms with E-state index in [4.69, 9.17) is 10.3 Å². The highest BCUT2D eigenvalue weighted by Gasteiger charge is 2.21. The molecule has 0 radical (unpaired) electrons. The average Bonchev–Trinajstić information content (AvgIpc) is 3.18. The Morgan fingerprint density at radius 1 is 1.07 bits per heavy atom. The number of hydrogen-bond acceptors (Lipinski definition) is 5. The lowest BCUT2D eigenvalue weighted by atomic mass is 9.94. The quantitative estimate of drug-likeness (QED) is 0.563. The minimum absolute atomic E-state index is 0.126. The van der Waals surface area contributed by atoms with Gasteiger partial charge >= 0.3 is 0 Å². The second-order valence-corrected chi connectivity index (χ2v) is 7.13. The highest BCUT2D eigenvalue weighted by atomic mass is 16.5. The molecule has 4 rings (SSSR count). The summed E-state index contributed by atoms with van der Waals surface area (Å²) in [7, 11) is 3.43. The third-order valence-electron chi connectivity index (χ3n) is 4.91. The van der Waals surface area contributed by atoms with Gasteiger partial charge in [0.2, 0.25) is 0 Å². The summed E-state index contributed by atoms with van der Waals surface area (Å²) < 4.78 is 5.61. The summed E-state index contributed by atoms with van der Waals surface area (Å²) in [5, 5.41) is 5.09. The van der Waals surface area contributed by atoms with Crippen LogP contribution in [0.25, 0.3) is 22.2 Å². The van der Waals surface area contributed by atoms with Gasteiger partial charge in [-0.05, 0) is 29.8 Å². The van der Waals surface area contributed by atoms with Crippen LogP contribution < -0.4 is 5.73 Å². The lowest BCUT2D eigenvalue weighted by Crippen LogP contribution is -2.21. The van der Waals surface area contributed by atoms with Gasteiger partial charge in [-0.3, -0.25) is 9.78 Å². The van der Waals surface area contributed by atoms with E-state index in [0.717, 1.165) is 22.2 Å². The van der Waals surface area contributed by atoms with E-state index in [1.807, 2.05) is 54.6 Å². The van der Waals surface area contributed by atoms with E-state index in [9.17, 15) is 4.79 Å². The van der Waals surface area contributed by atoms with Gasteiger partial charge in [0.25, 0.3) is 5.91 Å². The van der Waals surface area contributed by atoms with E-state index in [1.54, 1.807) is 26.4 Å². The van der Waals surface area contributed by atoms with Gasteiger partial charge in [-0.2, -0.15) is 0 Å². The Labute approximate surface area is 168 Å². The number of rotatable bonds is 5. The Hall–Kier alpha value is -3.51. The van der Waals surface area contributed by atoms with Crippen molar-refractivity contribution in [1.82, 2.24) is 15.0 Å². The molecule has 0 spiro atoms. The van der Waals surface area contributed by atoms with Gasteiger partial charge in [0.1, 0.15) is 5.69 Å². The topological polar surface area (TPSA) is 85.2 Å². The molecule has 1 amide bonds. The zero-order valence-electron chi connectivity index (χ0n) is 16.4. The van der Waals surface area contributed by atoms with Crippen LogP contribution in [0.15, 0.2) is 71.4 Å². The Morgan fingerprint density at radius 2 is 1.86 bits per heavy atom. The van der Waals surface area contributed by atoms with Gasteiger partial charge in [-0.1, -0.05) is 41.6 Å². The van der Waals surface area contributed by atoms with E-state index in [0.29, 0.717) is 23.3 Å². The van der Waals surface area contributed by atoms with Crippen LogP contribution in [-0.4, -0.2) is 35.0 Å². The largest absolute Gasteiger partial charge is 0.355 e. The van der Waals surface area contributed by atoms with Gasteiger partial charge in [-0.15, -0.1) is 0 Å². The predicted molar refractivity (Wildman–Crippen MR) is 112 cm³/mol. The molecule has 146 valence electrons. The van der Waals surface area contributed by atoms with Gasteiger partial charge in [0.05, 0.1) is 10.9 Å². The molecule has 2 heterocycles. The number of para-hydroxylation sites is 1. The highest BCUT2D eigenvalue weighted by molar-refractivity contribution is 6.07. The van der Waals surface area contributed by atoms with Crippen LogP contribution in [0.2, 0.25) is 0 Å². The molecule has 0 saturated heterocycles. The minimum Gasteiger partial charge on any atom is -0.355 e. The van der Waals surface area contributed by atoms with Gasteiger partial charge in [0.15, 0.2) is 5.58 Å². The Balaban J connectivity index is 1.77. The Morgan fingerprint density at radius 3 is 2.62 bits per heavy atom. The molecule has 2 aromatic carbocycles. The molecule has 2 aromatic heterocycles. The highest BCUT2D eigenvalue weighted by Crippen LogP contribution is 2.34. The second kappa shape index (κ2) is 7.85. The maximum atomic E-state index is 12.5. The molecule has 6 heteroatoms. The monoisotopic (exact) mass is 386 g/mol. The molecular formula is C23H22N4O2. The minimum atomic E-state index is -0.251. The first-order chi connectivity index (χ1) is 14.1.